The highest BCUT2D eigenvalue weighted by Gasteiger charge is 2.30. The molecule has 10 nitrogen and oxygen atoms in total. The van der Waals surface area contributed by atoms with Crippen LogP contribution in [0.2, 0.25) is 5.28 Å². The van der Waals surface area contributed by atoms with Gasteiger partial charge in [-0.2, -0.15) is 4.98 Å². The summed E-state index contributed by atoms with van der Waals surface area (Å²) in [5, 5.41) is 6.75. The molecule has 0 radical (unpaired) electrons. The van der Waals surface area contributed by atoms with Crippen LogP contribution in [0.15, 0.2) is 35.5 Å². The number of hydrogen-bond donors (Lipinski definition) is 1. The highest BCUT2D eigenvalue weighted by atomic mass is 35.5. The summed E-state index contributed by atoms with van der Waals surface area (Å²) in [4.78, 5) is 31.3. The van der Waals surface area contributed by atoms with Gasteiger partial charge in [-0.15, -0.1) is 5.10 Å². The van der Waals surface area contributed by atoms with Crippen LogP contribution in [0.5, 0.6) is 0 Å². The van der Waals surface area contributed by atoms with Crippen molar-refractivity contribution < 1.29 is 27.9 Å². The van der Waals surface area contributed by atoms with Gasteiger partial charge in [-0.05, 0) is 96.3 Å². The first-order chi connectivity index (χ1) is 18.1. The van der Waals surface area contributed by atoms with E-state index in [0.717, 1.165) is 0 Å². The van der Waals surface area contributed by atoms with Crippen LogP contribution >= 0.6 is 11.6 Å². The lowest BCUT2D eigenvalue weighted by atomic mass is 10.0. The Kier molecular flexibility index (Phi) is 8.94. The molecule has 0 aliphatic rings. The fraction of sp³-hybridized carbons (Fsp3) is 0.481. The van der Waals surface area contributed by atoms with E-state index in [2.05, 4.69) is 22.0 Å². The summed E-state index contributed by atoms with van der Waals surface area (Å²) in [7, 11) is 0. The molecule has 0 bridgehead atoms. The van der Waals surface area contributed by atoms with Gasteiger partial charge in [0.05, 0.1) is 24.5 Å². The first-order valence-corrected chi connectivity index (χ1v) is 12.8. The number of rotatable bonds is 8. The molecular formula is C27H35ClFN5O5. The Hall–Kier alpha value is -3.60. The van der Waals surface area contributed by atoms with Crippen LogP contribution in [0.25, 0.3) is 11.6 Å². The molecule has 3 rings (SSSR count). The van der Waals surface area contributed by atoms with Crippen LogP contribution in [0, 0.1) is 0 Å². The molecule has 1 N–H and O–H groups in total. The predicted octanol–water partition coefficient (Wildman–Crippen LogP) is 6.35. The van der Waals surface area contributed by atoms with E-state index < -0.39 is 35.6 Å². The maximum atomic E-state index is 14.7. The third-order valence-corrected chi connectivity index (χ3v) is 5.52. The number of nitrogens with zero attached hydrogens (tertiary/aromatic N) is 4. The maximum Gasteiger partial charge on any atom is 0.416 e. The monoisotopic (exact) mass is 563 g/mol. The van der Waals surface area contributed by atoms with Gasteiger partial charge in [0.25, 0.3) is 0 Å². The third-order valence-electron chi connectivity index (χ3n) is 5.36. The van der Waals surface area contributed by atoms with E-state index in [1.165, 1.54) is 28.7 Å². The lowest BCUT2D eigenvalue weighted by Gasteiger charge is -2.26. The maximum absolute atomic E-state index is 14.7. The Labute approximate surface area is 232 Å². The number of anilines is 1. The second-order valence-electron chi connectivity index (χ2n) is 11.0. The number of alkyl halides is 1. The largest absolute Gasteiger partial charge is 0.467 e. The van der Waals surface area contributed by atoms with E-state index in [9.17, 15) is 14.0 Å². The van der Waals surface area contributed by atoms with Gasteiger partial charge in [0.2, 0.25) is 5.28 Å². The van der Waals surface area contributed by atoms with E-state index in [1.807, 2.05) is 0 Å². The SMILES string of the molecule is C=Cc1c(C[C@@H](NC(=O)OC(C)(C)C)[C@H](C)F)cc2c(N(Cc3ccco3)C(=O)OC(C)(C)C)nc(Cl)nn12. The number of carbonyl (C=O) groups excluding carboxylic acids is 2. The Bertz CT molecular complexity index is 1330. The first kappa shape index (κ1) is 29.9. The average molecular weight is 564 g/mol. The van der Waals surface area contributed by atoms with Gasteiger partial charge in [0.1, 0.15) is 28.7 Å². The highest BCUT2D eigenvalue weighted by Crippen LogP contribution is 2.30. The summed E-state index contributed by atoms with van der Waals surface area (Å²) in [6, 6.07) is 4.19. The minimum absolute atomic E-state index is 0.000804. The Morgan fingerprint density at radius 1 is 1.26 bits per heavy atom. The van der Waals surface area contributed by atoms with Gasteiger partial charge in [0.15, 0.2) is 5.82 Å². The lowest BCUT2D eigenvalue weighted by Crippen LogP contribution is -2.44. The number of amides is 2. The van der Waals surface area contributed by atoms with E-state index in [1.54, 1.807) is 59.7 Å². The van der Waals surface area contributed by atoms with Crippen molar-refractivity contribution in [2.45, 2.75) is 84.8 Å². The number of hydrogen-bond acceptors (Lipinski definition) is 7. The molecule has 0 saturated carbocycles. The van der Waals surface area contributed by atoms with Gasteiger partial charge >= 0.3 is 12.2 Å². The van der Waals surface area contributed by atoms with Crippen LogP contribution in [0.1, 0.15) is 65.5 Å². The van der Waals surface area contributed by atoms with Gasteiger partial charge in [-0.1, -0.05) is 6.58 Å². The zero-order valence-corrected chi connectivity index (χ0v) is 24.0. The van der Waals surface area contributed by atoms with Crippen molar-refractivity contribution in [1.29, 1.82) is 0 Å². The minimum Gasteiger partial charge on any atom is -0.467 e. The van der Waals surface area contributed by atoms with E-state index in [4.69, 9.17) is 25.5 Å². The molecule has 0 fully saturated rings. The van der Waals surface area contributed by atoms with Gasteiger partial charge in [-0.25, -0.2) is 18.5 Å². The fourth-order valence-electron chi connectivity index (χ4n) is 3.79. The Morgan fingerprint density at radius 3 is 2.46 bits per heavy atom. The van der Waals surface area contributed by atoms with E-state index in [-0.39, 0.29) is 24.1 Å². The quantitative estimate of drug-likeness (QED) is 0.339. The number of fused-ring (bicyclic) bond motifs is 1. The molecule has 12 heteroatoms. The van der Waals surface area contributed by atoms with Crippen LogP contribution in [0.4, 0.5) is 19.8 Å². The average Bonchev–Trinajstić information content (AvgIpc) is 3.41. The predicted molar refractivity (Wildman–Crippen MR) is 147 cm³/mol. The molecule has 3 aromatic rings. The molecule has 2 amide bonds. The van der Waals surface area contributed by atoms with Gasteiger partial charge in [-0.3, -0.25) is 4.90 Å². The fourth-order valence-corrected chi connectivity index (χ4v) is 3.94. The van der Waals surface area contributed by atoms with Crippen LogP contribution in [-0.4, -0.2) is 50.2 Å². The molecular weight excluding hydrogens is 529 g/mol. The zero-order chi connectivity index (χ0) is 29.1. The highest BCUT2D eigenvalue weighted by molar-refractivity contribution is 6.28. The molecule has 0 aromatic carbocycles. The van der Waals surface area contributed by atoms with Crippen LogP contribution in [-0.2, 0) is 22.4 Å². The molecule has 0 spiro atoms. The Morgan fingerprint density at radius 2 is 1.92 bits per heavy atom. The second kappa shape index (κ2) is 11.6. The van der Waals surface area contributed by atoms with E-state index in [0.29, 0.717) is 22.5 Å². The molecule has 0 aliphatic carbocycles. The molecule has 2 atom stereocenters. The van der Waals surface area contributed by atoms with Gasteiger partial charge in [0, 0.05) is 0 Å². The summed E-state index contributed by atoms with van der Waals surface area (Å²) in [6.45, 7) is 15.6. The summed E-state index contributed by atoms with van der Waals surface area (Å²) in [6.07, 6.45) is 0.270. The second-order valence-corrected chi connectivity index (χ2v) is 11.4. The zero-order valence-electron chi connectivity index (χ0n) is 23.2. The summed E-state index contributed by atoms with van der Waals surface area (Å²) in [5.74, 6) is 0.636. The summed E-state index contributed by atoms with van der Waals surface area (Å²) < 4.78 is 32.5. The third kappa shape index (κ3) is 7.95. The standard InChI is InChI=1S/C27H35ClFN5O5/c1-9-20-17(13-19(16(2)29)30-24(35)38-26(3,4)5)14-21-22(31-23(28)32-34(20)21)33(15-18-11-10-12-37-18)25(36)39-27(6,7)8/h9-12,14,16,19H,1,13,15H2,2-8H3,(H,30,35)/t16-,19+/m0/s1. The Balaban J connectivity index is 2.08. The number of carbonyl (C=O) groups is 2. The number of nitrogens with one attached hydrogen (secondary N) is 1. The minimum atomic E-state index is -1.41. The topological polar surface area (TPSA) is 111 Å². The molecule has 3 aromatic heterocycles. The van der Waals surface area contributed by atoms with Crippen molar-refractivity contribution in [3.8, 4) is 0 Å². The smallest absolute Gasteiger partial charge is 0.416 e. The van der Waals surface area contributed by atoms with Crippen molar-refractivity contribution >= 4 is 41.2 Å². The molecule has 0 saturated heterocycles. The van der Waals surface area contributed by atoms with Crippen molar-refractivity contribution in [2.24, 2.45) is 0 Å². The van der Waals surface area contributed by atoms with Crippen molar-refractivity contribution in [3.63, 3.8) is 0 Å². The number of ether oxygens (including phenoxy) is 2. The van der Waals surface area contributed by atoms with Crippen LogP contribution in [0.3, 0.4) is 0 Å². The summed E-state index contributed by atoms with van der Waals surface area (Å²) >= 11 is 6.30. The van der Waals surface area contributed by atoms with Crippen LogP contribution < -0.4 is 10.2 Å². The summed E-state index contributed by atoms with van der Waals surface area (Å²) in [5.41, 5.74) is -0.0526. The molecule has 39 heavy (non-hydrogen) atoms. The molecule has 0 aliphatic heterocycles. The van der Waals surface area contributed by atoms with Crippen molar-refractivity contribution in [1.82, 2.24) is 19.9 Å². The van der Waals surface area contributed by atoms with Gasteiger partial charge < -0.3 is 19.2 Å². The number of aromatic nitrogens is 3. The number of alkyl carbamates (subject to hydrolysis) is 1. The normalized spacial score (nSPS) is 13.6. The molecule has 212 valence electrons. The molecule has 3 heterocycles. The lowest BCUT2D eigenvalue weighted by molar-refractivity contribution is 0.0476. The van der Waals surface area contributed by atoms with Crippen molar-refractivity contribution in [2.75, 3.05) is 4.90 Å². The van der Waals surface area contributed by atoms with E-state index >= 15 is 0 Å². The first-order valence-electron chi connectivity index (χ1n) is 12.4. The molecule has 0 unspecified atom stereocenters. The van der Waals surface area contributed by atoms with Crippen molar-refractivity contribution in [3.05, 3.63) is 53.3 Å². The number of halogens is 2. The number of furan rings is 1.